The van der Waals surface area contributed by atoms with Crippen molar-refractivity contribution in [1.29, 1.82) is 0 Å². The number of benzene rings is 2. The van der Waals surface area contributed by atoms with Gasteiger partial charge in [0.05, 0.1) is 7.11 Å². The number of amides is 1. The van der Waals surface area contributed by atoms with Crippen LogP contribution in [0.15, 0.2) is 54.7 Å². The third-order valence-electron chi connectivity index (χ3n) is 5.17. The third kappa shape index (κ3) is 3.38. The van der Waals surface area contributed by atoms with E-state index >= 15 is 0 Å². The van der Waals surface area contributed by atoms with E-state index in [1.165, 1.54) is 19.2 Å². The minimum atomic E-state index is -0.521. The first-order chi connectivity index (χ1) is 13.6. The molecule has 0 atom stereocenters. The fraction of sp³-hybridized carbons (Fsp3) is 0.273. The number of imidazole rings is 1. The van der Waals surface area contributed by atoms with Gasteiger partial charge in [0.1, 0.15) is 5.82 Å². The van der Waals surface area contributed by atoms with Gasteiger partial charge in [-0.2, -0.15) is 0 Å². The molecule has 0 unspecified atom stereocenters. The monoisotopic (exact) mass is 379 g/mol. The summed E-state index contributed by atoms with van der Waals surface area (Å²) in [6.45, 7) is 4.15. The lowest BCUT2D eigenvalue weighted by molar-refractivity contribution is 0.0468. The Morgan fingerprint density at radius 3 is 2.64 bits per heavy atom. The zero-order chi connectivity index (χ0) is 19.7. The Hall–Kier alpha value is -3.15. The van der Waals surface area contributed by atoms with Crippen molar-refractivity contribution in [3.8, 4) is 17.1 Å². The molecule has 6 heteroatoms. The molecule has 0 radical (unpaired) electrons. The molecule has 2 aromatic carbocycles. The highest BCUT2D eigenvalue weighted by atomic mass is 19.1. The van der Waals surface area contributed by atoms with Crippen LogP contribution in [0.3, 0.4) is 0 Å². The highest BCUT2D eigenvalue weighted by Gasteiger charge is 2.32. The molecule has 0 aliphatic carbocycles. The molecule has 1 saturated heterocycles. The van der Waals surface area contributed by atoms with E-state index in [1.54, 1.807) is 11.0 Å². The second kappa shape index (κ2) is 7.46. The van der Waals surface area contributed by atoms with Crippen LogP contribution in [0.25, 0.3) is 11.4 Å². The number of hydrogen-bond acceptors (Lipinski definition) is 3. The van der Waals surface area contributed by atoms with Gasteiger partial charge in [-0.05, 0) is 25.1 Å². The molecule has 1 aliphatic rings. The van der Waals surface area contributed by atoms with E-state index in [9.17, 15) is 9.18 Å². The Labute approximate surface area is 163 Å². The van der Waals surface area contributed by atoms with Crippen molar-refractivity contribution in [1.82, 2.24) is 14.5 Å². The van der Waals surface area contributed by atoms with Crippen LogP contribution in [0, 0.1) is 18.7 Å². The van der Waals surface area contributed by atoms with Gasteiger partial charge < -0.3 is 14.2 Å². The third-order valence-corrected chi connectivity index (χ3v) is 5.17. The predicted molar refractivity (Wildman–Crippen MR) is 105 cm³/mol. The molecule has 2 heterocycles. The maximum Gasteiger partial charge on any atom is 0.253 e. The molecule has 1 aliphatic heterocycles. The molecule has 4 rings (SSSR count). The topological polar surface area (TPSA) is 47.4 Å². The first kappa shape index (κ1) is 18.2. The summed E-state index contributed by atoms with van der Waals surface area (Å²) in [5.41, 5.74) is 2.53. The number of hydrogen-bond donors (Lipinski definition) is 0. The maximum atomic E-state index is 13.9. The zero-order valence-corrected chi connectivity index (χ0v) is 15.9. The smallest absolute Gasteiger partial charge is 0.253 e. The maximum absolute atomic E-state index is 13.9. The molecule has 0 N–H and O–H groups in total. The van der Waals surface area contributed by atoms with Crippen molar-refractivity contribution in [2.45, 2.75) is 13.5 Å². The van der Waals surface area contributed by atoms with Gasteiger partial charge in [-0.15, -0.1) is 0 Å². The molecule has 0 bridgehead atoms. The molecule has 3 aromatic rings. The van der Waals surface area contributed by atoms with E-state index in [0.29, 0.717) is 24.6 Å². The van der Waals surface area contributed by atoms with Crippen LogP contribution < -0.4 is 4.74 Å². The number of rotatable bonds is 5. The first-order valence-electron chi connectivity index (χ1n) is 9.27. The van der Waals surface area contributed by atoms with Gasteiger partial charge in [0.2, 0.25) is 0 Å². The summed E-state index contributed by atoms with van der Waals surface area (Å²) in [4.78, 5) is 18.9. The Bertz CT molecular complexity index is 994. The Balaban J connectivity index is 1.42. The molecule has 5 nitrogen and oxygen atoms in total. The molecule has 1 aromatic heterocycles. The number of likely N-dealkylation sites (tertiary alicyclic amines) is 1. The summed E-state index contributed by atoms with van der Waals surface area (Å²) < 4.78 is 21.0. The summed E-state index contributed by atoms with van der Waals surface area (Å²) in [7, 11) is 1.40. The summed E-state index contributed by atoms with van der Waals surface area (Å²) in [5, 5.41) is 0. The number of methoxy groups -OCH3 is 1. The van der Waals surface area contributed by atoms with Crippen LogP contribution in [0.2, 0.25) is 0 Å². The highest BCUT2D eigenvalue weighted by molar-refractivity contribution is 5.94. The van der Waals surface area contributed by atoms with Gasteiger partial charge in [0.25, 0.3) is 5.91 Å². The van der Waals surface area contributed by atoms with Crippen molar-refractivity contribution in [2.75, 3.05) is 20.2 Å². The number of carbonyl (C=O) groups is 1. The van der Waals surface area contributed by atoms with Crippen LogP contribution in [0.4, 0.5) is 4.39 Å². The Morgan fingerprint density at radius 2 is 1.96 bits per heavy atom. The van der Waals surface area contributed by atoms with Crippen LogP contribution in [0.5, 0.6) is 5.75 Å². The number of ether oxygens (including phenoxy) is 1. The number of halogens is 1. The van der Waals surface area contributed by atoms with E-state index in [-0.39, 0.29) is 11.7 Å². The summed E-state index contributed by atoms with van der Waals surface area (Å²) in [5.74, 6) is 0.764. The zero-order valence-electron chi connectivity index (χ0n) is 15.9. The van der Waals surface area contributed by atoms with Crippen molar-refractivity contribution >= 4 is 5.91 Å². The van der Waals surface area contributed by atoms with Gasteiger partial charge in [-0.3, -0.25) is 4.79 Å². The Kier molecular flexibility index (Phi) is 4.86. The second-order valence-corrected chi connectivity index (χ2v) is 7.13. The number of carbonyl (C=O) groups excluding carboxylic acids is 1. The normalized spacial score (nSPS) is 14.0. The minimum Gasteiger partial charge on any atom is -0.494 e. The number of nitrogens with zero attached hydrogens (tertiary/aromatic N) is 3. The van der Waals surface area contributed by atoms with Gasteiger partial charge in [0, 0.05) is 48.6 Å². The second-order valence-electron chi connectivity index (χ2n) is 7.13. The molecule has 0 spiro atoms. The van der Waals surface area contributed by atoms with Gasteiger partial charge >= 0.3 is 0 Å². The standard InChI is InChI=1S/C22H22FN3O2/c1-15-11-24-21(17-6-4-3-5-7-17)26(15)14-16-12-25(13-16)22(27)18-8-9-20(28-2)19(23)10-18/h3-11,16H,12-14H2,1-2H3. The van der Waals surface area contributed by atoms with Crippen molar-refractivity contribution in [3.63, 3.8) is 0 Å². The van der Waals surface area contributed by atoms with Crippen molar-refractivity contribution < 1.29 is 13.9 Å². The number of aryl methyl sites for hydroxylation is 1. The molecule has 144 valence electrons. The molecular weight excluding hydrogens is 357 g/mol. The molecule has 1 fully saturated rings. The van der Waals surface area contributed by atoms with E-state index in [1.807, 2.05) is 43.5 Å². The minimum absolute atomic E-state index is 0.141. The number of aromatic nitrogens is 2. The summed E-state index contributed by atoms with van der Waals surface area (Å²) >= 11 is 0. The summed E-state index contributed by atoms with van der Waals surface area (Å²) in [6.07, 6.45) is 1.88. The molecule has 1 amide bonds. The lowest BCUT2D eigenvalue weighted by Crippen LogP contribution is -2.51. The van der Waals surface area contributed by atoms with Crippen LogP contribution in [0.1, 0.15) is 16.1 Å². The van der Waals surface area contributed by atoms with Crippen molar-refractivity contribution in [3.05, 3.63) is 71.8 Å². The predicted octanol–water partition coefficient (Wildman–Crippen LogP) is 3.78. The van der Waals surface area contributed by atoms with Crippen molar-refractivity contribution in [2.24, 2.45) is 5.92 Å². The fourth-order valence-corrected chi connectivity index (χ4v) is 3.60. The average Bonchev–Trinajstić information content (AvgIpc) is 3.04. The van der Waals surface area contributed by atoms with Crippen LogP contribution >= 0.6 is 0 Å². The lowest BCUT2D eigenvalue weighted by Gasteiger charge is -2.40. The van der Waals surface area contributed by atoms with E-state index < -0.39 is 5.82 Å². The SMILES string of the molecule is COc1ccc(C(=O)N2CC(Cn3c(C)cnc3-c3ccccc3)C2)cc1F. The quantitative estimate of drug-likeness (QED) is 0.678. The molecule has 28 heavy (non-hydrogen) atoms. The lowest BCUT2D eigenvalue weighted by atomic mass is 9.98. The summed E-state index contributed by atoms with van der Waals surface area (Å²) in [6, 6.07) is 14.4. The molecule has 0 saturated carbocycles. The van der Waals surface area contributed by atoms with Crippen LogP contribution in [-0.2, 0) is 6.54 Å². The van der Waals surface area contributed by atoms with E-state index in [2.05, 4.69) is 9.55 Å². The highest BCUT2D eigenvalue weighted by Crippen LogP contribution is 2.26. The Morgan fingerprint density at radius 1 is 1.21 bits per heavy atom. The van der Waals surface area contributed by atoms with Crippen LogP contribution in [-0.4, -0.2) is 40.6 Å². The fourth-order valence-electron chi connectivity index (χ4n) is 3.60. The van der Waals surface area contributed by atoms with Gasteiger partial charge in [-0.25, -0.2) is 9.37 Å². The average molecular weight is 379 g/mol. The van der Waals surface area contributed by atoms with Gasteiger partial charge in [0.15, 0.2) is 11.6 Å². The molecular formula is C22H22FN3O2. The van der Waals surface area contributed by atoms with E-state index in [0.717, 1.165) is 23.6 Å². The van der Waals surface area contributed by atoms with E-state index in [4.69, 9.17) is 4.74 Å². The van der Waals surface area contributed by atoms with Gasteiger partial charge in [-0.1, -0.05) is 30.3 Å². The largest absolute Gasteiger partial charge is 0.494 e. The first-order valence-corrected chi connectivity index (χ1v) is 9.27.